The second kappa shape index (κ2) is 6.87. The van der Waals surface area contributed by atoms with Crippen molar-refractivity contribution in [3.63, 3.8) is 0 Å². The molecule has 25 heavy (non-hydrogen) atoms. The van der Waals surface area contributed by atoms with Crippen LogP contribution in [-0.2, 0) is 5.41 Å². The smallest absolute Gasteiger partial charge is 0.161 e. The summed E-state index contributed by atoms with van der Waals surface area (Å²) in [6.07, 6.45) is 12.8. The topological polar surface area (TPSA) is 21.7 Å². The standard InChI is InChI=1S/C22H29NO2/c1-3-14-24-20-15-18(9-10-19(20)25-16-17-7-8-17)22-11-5-4-6-21(22)23(2)13-12-22/h3,5,9-11,15,17,21H,1,4,6-8,12-14,16H2,2H3/t21-,22-/m0/s1. The summed E-state index contributed by atoms with van der Waals surface area (Å²) in [4.78, 5) is 2.52. The number of allylic oxidation sites excluding steroid dienone is 1. The van der Waals surface area contributed by atoms with Crippen LogP contribution in [0.1, 0.15) is 37.7 Å². The van der Waals surface area contributed by atoms with Crippen LogP contribution in [0.4, 0.5) is 0 Å². The Kier molecular flexibility index (Phi) is 4.60. The van der Waals surface area contributed by atoms with Gasteiger partial charge in [-0.15, -0.1) is 0 Å². The van der Waals surface area contributed by atoms with E-state index in [9.17, 15) is 0 Å². The molecule has 0 bridgehead atoms. The molecule has 3 aliphatic rings. The lowest BCUT2D eigenvalue weighted by Crippen LogP contribution is -2.41. The van der Waals surface area contributed by atoms with Gasteiger partial charge in [-0.05, 0) is 69.3 Å². The molecule has 0 aromatic heterocycles. The summed E-state index contributed by atoms with van der Waals surface area (Å²) in [7, 11) is 2.26. The molecule has 1 saturated heterocycles. The lowest BCUT2D eigenvalue weighted by molar-refractivity contribution is 0.247. The molecular weight excluding hydrogens is 310 g/mol. The Morgan fingerprint density at radius 3 is 2.92 bits per heavy atom. The van der Waals surface area contributed by atoms with Crippen LogP contribution in [0.5, 0.6) is 11.5 Å². The first-order chi connectivity index (χ1) is 12.2. The summed E-state index contributed by atoms with van der Waals surface area (Å²) in [5, 5.41) is 0. The van der Waals surface area contributed by atoms with Crippen molar-refractivity contribution in [3.05, 3.63) is 48.6 Å². The van der Waals surface area contributed by atoms with Crippen molar-refractivity contribution in [3.8, 4) is 11.5 Å². The molecule has 3 nitrogen and oxygen atoms in total. The average Bonchev–Trinajstić information content (AvgIpc) is 3.41. The number of likely N-dealkylation sites (tertiary alicyclic amines) is 1. The Hall–Kier alpha value is -1.74. The van der Waals surface area contributed by atoms with Crippen molar-refractivity contribution in [1.82, 2.24) is 4.90 Å². The molecule has 134 valence electrons. The Morgan fingerprint density at radius 1 is 1.24 bits per heavy atom. The van der Waals surface area contributed by atoms with Gasteiger partial charge >= 0.3 is 0 Å². The summed E-state index contributed by atoms with van der Waals surface area (Å²) < 4.78 is 12.0. The maximum Gasteiger partial charge on any atom is 0.161 e. The van der Waals surface area contributed by atoms with E-state index in [1.807, 2.05) is 0 Å². The van der Waals surface area contributed by atoms with Crippen LogP contribution < -0.4 is 9.47 Å². The van der Waals surface area contributed by atoms with Gasteiger partial charge in [-0.25, -0.2) is 0 Å². The lowest BCUT2D eigenvalue weighted by Gasteiger charge is -2.38. The van der Waals surface area contributed by atoms with E-state index in [1.165, 1.54) is 37.7 Å². The Labute approximate surface area is 151 Å². The molecule has 4 rings (SSSR count). The quantitative estimate of drug-likeness (QED) is 0.690. The van der Waals surface area contributed by atoms with Crippen molar-refractivity contribution in [2.75, 3.05) is 26.8 Å². The molecule has 2 fully saturated rings. The van der Waals surface area contributed by atoms with Gasteiger partial charge < -0.3 is 14.4 Å². The third kappa shape index (κ3) is 3.22. The fourth-order valence-corrected chi connectivity index (χ4v) is 4.40. The highest BCUT2D eigenvalue weighted by atomic mass is 16.5. The highest BCUT2D eigenvalue weighted by Gasteiger charge is 2.46. The molecule has 1 aliphatic heterocycles. The summed E-state index contributed by atoms with van der Waals surface area (Å²) >= 11 is 0. The monoisotopic (exact) mass is 339 g/mol. The number of hydrogen-bond donors (Lipinski definition) is 0. The number of rotatable bonds is 7. The van der Waals surface area contributed by atoms with Gasteiger partial charge in [0.25, 0.3) is 0 Å². The van der Waals surface area contributed by atoms with E-state index in [1.54, 1.807) is 6.08 Å². The minimum atomic E-state index is 0.119. The lowest BCUT2D eigenvalue weighted by atomic mass is 9.70. The number of nitrogens with zero attached hydrogens (tertiary/aromatic N) is 1. The van der Waals surface area contributed by atoms with Crippen LogP contribution in [0.2, 0.25) is 0 Å². The summed E-state index contributed by atoms with van der Waals surface area (Å²) in [6.45, 7) is 6.25. The number of fused-ring (bicyclic) bond motifs is 1. The third-order valence-corrected chi connectivity index (χ3v) is 6.04. The maximum atomic E-state index is 6.04. The first-order valence-corrected chi connectivity index (χ1v) is 9.62. The van der Waals surface area contributed by atoms with Gasteiger partial charge in [-0.1, -0.05) is 30.9 Å². The van der Waals surface area contributed by atoms with Crippen LogP contribution in [0.25, 0.3) is 0 Å². The second-order valence-corrected chi connectivity index (χ2v) is 7.78. The Bertz CT molecular complexity index is 664. The molecule has 2 aliphatic carbocycles. The Morgan fingerprint density at radius 2 is 2.12 bits per heavy atom. The second-order valence-electron chi connectivity index (χ2n) is 7.78. The van der Waals surface area contributed by atoms with E-state index in [4.69, 9.17) is 9.47 Å². The van der Waals surface area contributed by atoms with E-state index in [0.29, 0.717) is 12.6 Å². The van der Waals surface area contributed by atoms with Crippen LogP contribution in [0, 0.1) is 5.92 Å². The fraction of sp³-hybridized carbons (Fsp3) is 0.545. The van der Waals surface area contributed by atoms with Gasteiger partial charge in [0.1, 0.15) is 6.61 Å². The molecule has 3 heteroatoms. The van der Waals surface area contributed by atoms with E-state index < -0.39 is 0 Å². The molecule has 0 amide bonds. The molecule has 0 radical (unpaired) electrons. The maximum absolute atomic E-state index is 6.04. The van der Waals surface area contributed by atoms with Crippen LogP contribution in [0.15, 0.2) is 43.0 Å². The summed E-state index contributed by atoms with van der Waals surface area (Å²) in [5.74, 6) is 2.47. The highest BCUT2D eigenvalue weighted by molar-refractivity contribution is 5.48. The van der Waals surface area contributed by atoms with Crippen molar-refractivity contribution in [1.29, 1.82) is 0 Å². The van der Waals surface area contributed by atoms with Gasteiger partial charge in [-0.3, -0.25) is 0 Å². The molecule has 0 N–H and O–H groups in total. The number of hydrogen-bond acceptors (Lipinski definition) is 3. The fourth-order valence-electron chi connectivity index (χ4n) is 4.40. The van der Waals surface area contributed by atoms with Crippen molar-refractivity contribution in [2.24, 2.45) is 5.92 Å². The van der Waals surface area contributed by atoms with E-state index in [-0.39, 0.29) is 5.41 Å². The summed E-state index contributed by atoms with van der Waals surface area (Å²) in [6, 6.07) is 7.17. The van der Waals surface area contributed by atoms with Crippen molar-refractivity contribution in [2.45, 2.75) is 43.6 Å². The van der Waals surface area contributed by atoms with Gasteiger partial charge in [0.15, 0.2) is 11.5 Å². The summed E-state index contributed by atoms with van der Waals surface area (Å²) in [5.41, 5.74) is 1.48. The molecule has 1 aromatic carbocycles. The zero-order valence-corrected chi connectivity index (χ0v) is 15.2. The largest absolute Gasteiger partial charge is 0.489 e. The minimum absolute atomic E-state index is 0.119. The molecule has 1 saturated carbocycles. The van der Waals surface area contributed by atoms with Crippen molar-refractivity contribution < 1.29 is 9.47 Å². The van der Waals surface area contributed by atoms with E-state index in [2.05, 4.69) is 48.9 Å². The molecule has 0 unspecified atom stereocenters. The van der Waals surface area contributed by atoms with Crippen LogP contribution >= 0.6 is 0 Å². The first-order valence-electron chi connectivity index (χ1n) is 9.62. The SMILES string of the molecule is C=CCOc1cc([C@@]23C=CCC[C@@H]2N(C)CC3)ccc1OCC1CC1. The molecule has 1 aromatic rings. The van der Waals surface area contributed by atoms with Gasteiger partial charge in [0.05, 0.1) is 6.61 Å². The molecular formula is C22H29NO2. The predicted molar refractivity (Wildman–Crippen MR) is 101 cm³/mol. The van der Waals surface area contributed by atoms with Gasteiger partial charge in [0.2, 0.25) is 0 Å². The molecule has 1 heterocycles. The zero-order chi connectivity index (χ0) is 17.3. The number of ether oxygens (including phenoxy) is 2. The van der Waals surface area contributed by atoms with Gasteiger partial charge in [0, 0.05) is 11.5 Å². The van der Waals surface area contributed by atoms with Gasteiger partial charge in [-0.2, -0.15) is 0 Å². The highest BCUT2D eigenvalue weighted by Crippen LogP contribution is 2.47. The zero-order valence-electron chi connectivity index (χ0n) is 15.2. The van der Waals surface area contributed by atoms with Crippen molar-refractivity contribution >= 4 is 0 Å². The third-order valence-electron chi connectivity index (χ3n) is 6.04. The Balaban J connectivity index is 1.65. The predicted octanol–water partition coefficient (Wildman–Crippen LogP) is 4.33. The van der Waals surface area contributed by atoms with E-state index in [0.717, 1.165) is 30.6 Å². The normalized spacial score (nSPS) is 28.6. The minimum Gasteiger partial charge on any atom is -0.489 e. The van der Waals surface area contributed by atoms with E-state index >= 15 is 0 Å². The number of benzene rings is 1. The van der Waals surface area contributed by atoms with Crippen LogP contribution in [0.3, 0.4) is 0 Å². The number of likely N-dealkylation sites (N-methyl/N-ethyl adjacent to an activating group) is 1. The molecule has 2 atom stereocenters. The first kappa shape index (κ1) is 16.7. The average molecular weight is 339 g/mol. The van der Waals surface area contributed by atoms with Crippen LogP contribution in [-0.4, -0.2) is 37.7 Å². The molecule has 0 spiro atoms.